The Morgan fingerprint density at radius 1 is 1.52 bits per heavy atom. The number of anilines is 1. The maximum Gasteiger partial charge on any atom is 0.267 e. The summed E-state index contributed by atoms with van der Waals surface area (Å²) in [5.41, 5.74) is 2.89. The highest BCUT2D eigenvalue weighted by atomic mass is 35.5. The van der Waals surface area contributed by atoms with Crippen LogP contribution in [0.25, 0.3) is 0 Å². The molecule has 0 bridgehead atoms. The van der Waals surface area contributed by atoms with E-state index < -0.39 is 0 Å². The first-order valence-electron chi connectivity index (χ1n) is 6.60. The number of pyridine rings is 1. The molecule has 0 saturated carbocycles. The highest BCUT2D eigenvalue weighted by Gasteiger charge is 2.24. The molecule has 1 N–H and O–H groups in total. The van der Waals surface area contributed by atoms with Crippen LogP contribution in [0.15, 0.2) is 10.9 Å². The molecule has 0 radical (unpaired) electrons. The van der Waals surface area contributed by atoms with E-state index in [0.717, 1.165) is 11.3 Å². The van der Waals surface area contributed by atoms with Crippen LogP contribution >= 0.6 is 11.6 Å². The minimum Gasteiger partial charge on any atom is -0.349 e. The van der Waals surface area contributed by atoms with Crippen molar-refractivity contribution in [2.75, 3.05) is 11.4 Å². The van der Waals surface area contributed by atoms with Gasteiger partial charge in [-0.25, -0.2) is 4.98 Å². The molecule has 1 aliphatic rings. The summed E-state index contributed by atoms with van der Waals surface area (Å²) >= 11 is 6.25. The third-order valence-corrected chi connectivity index (χ3v) is 4.12. The van der Waals surface area contributed by atoms with Gasteiger partial charge < -0.3 is 4.90 Å². The smallest absolute Gasteiger partial charge is 0.267 e. The number of nitriles is 1. The summed E-state index contributed by atoms with van der Waals surface area (Å²) in [6, 6.07) is 3.72. The van der Waals surface area contributed by atoms with Crippen LogP contribution in [-0.4, -0.2) is 21.3 Å². The fourth-order valence-electron chi connectivity index (χ4n) is 2.67. The van der Waals surface area contributed by atoms with Gasteiger partial charge >= 0.3 is 0 Å². The van der Waals surface area contributed by atoms with Crippen LogP contribution in [0, 0.1) is 18.3 Å². The summed E-state index contributed by atoms with van der Waals surface area (Å²) in [5, 5.41) is 12.2. The van der Waals surface area contributed by atoms with Gasteiger partial charge in [0.05, 0.1) is 28.5 Å². The number of aromatic nitrogens is 3. The molecule has 0 spiro atoms. The van der Waals surface area contributed by atoms with Crippen LogP contribution in [0.1, 0.15) is 22.5 Å². The van der Waals surface area contributed by atoms with E-state index in [9.17, 15) is 4.79 Å². The number of aryl methyl sites for hydroxylation is 2. The number of hydrogen-bond donors (Lipinski definition) is 1. The summed E-state index contributed by atoms with van der Waals surface area (Å²) in [4.78, 5) is 18.2. The van der Waals surface area contributed by atoms with E-state index in [1.54, 1.807) is 17.7 Å². The van der Waals surface area contributed by atoms with Crippen LogP contribution in [0.3, 0.4) is 0 Å². The van der Waals surface area contributed by atoms with E-state index in [4.69, 9.17) is 16.9 Å². The second kappa shape index (κ2) is 4.93. The molecule has 3 heterocycles. The molecule has 0 unspecified atom stereocenters. The number of hydrogen-bond acceptors (Lipinski definition) is 4. The second-order valence-corrected chi connectivity index (χ2v) is 5.54. The Labute approximate surface area is 126 Å². The predicted molar refractivity (Wildman–Crippen MR) is 79.5 cm³/mol. The van der Waals surface area contributed by atoms with E-state index in [2.05, 4.69) is 16.2 Å². The molecule has 7 heteroatoms. The van der Waals surface area contributed by atoms with Crippen LogP contribution in [0.5, 0.6) is 0 Å². The first kappa shape index (κ1) is 13.7. The molecule has 6 nitrogen and oxygen atoms in total. The molecule has 1 aliphatic heterocycles. The maximum atomic E-state index is 11.8. The first-order chi connectivity index (χ1) is 10.0. The van der Waals surface area contributed by atoms with Crippen molar-refractivity contribution in [1.82, 2.24) is 14.8 Å². The Bertz CT molecular complexity index is 814. The number of aromatic amines is 1. The summed E-state index contributed by atoms with van der Waals surface area (Å²) in [6.07, 6.45) is 0.655. The van der Waals surface area contributed by atoms with Crippen molar-refractivity contribution < 1.29 is 0 Å². The molecule has 0 atom stereocenters. The highest BCUT2D eigenvalue weighted by molar-refractivity contribution is 6.33. The number of nitrogens with one attached hydrogen (secondary N) is 1. The van der Waals surface area contributed by atoms with Crippen LogP contribution in [0.2, 0.25) is 5.02 Å². The SMILES string of the molecule is Cc1nc(N2CCc3c(n(C)[nH]c3=O)C2)c(Cl)cc1C#N. The monoisotopic (exact) mass is 303 g/mol. The standard InChI is InChI=1S/C14H14ClN5O/c1-8-9(6-16)5-11(15)13(17-8)20-4-3-10-12(7-20)19(2)18-14(10)21/h5H,3-4,7H2,1-2H3,(H,18,21). The summed E-state index contributed by atoms with van der Waals surface area (Å²) < 4.78 is 1.74. The topological polar surface area (TPSA) is 77.7 Å². The normalized spacial score (nSPS) is 13.9. The molecule has 3 rings (SSSR count). The number of halogens is 1. The maximum absolute atomic E-state index is 11.8. The van der Waals surface area contributed by atoms with Crippen molar-refractivity contribution in [3.05, 3.63) is 44.0 Å². The third kappa shape index (κ3) is 2.20. The Kier molecular flexibility index (Phi) is 3.22. The van der Waals surface area contributed by atoms with Gasteiger partial charge in [0.25, 0.3) is 5.56 Å². The van der Waals surface area contributed by atoms with E-state index in [0.29, 0.717) is 41.6 Å². The minimum absolute atomic E-state index is 0.0257. The fourth-order valence-corrected chi connectivity index (χ4v) is 2.94. The van der Waals surface area contributed by atoms with Crippen molar-refractivity contribution >= 4 is 17.4 Å². The molecular weight excluding hydrogens is 290 g/mol. The van der Waals surface area contributed by atoms with Crippen LogP contribution < -0.4 is 10.5 Å². The van der Waals surface area contributed by atoms with Gasteiger partial charge in [0.1, 0.15) is 11.9 Å². The highest BCUT2D eigenvalue weighted by Crippen LogP contribution is 2.29. The van der Waals surface area contributed by atoms with Gasteiger partial charge in [-0.1, -0.05) is 11.6 Å². The largest absolute Gasteiger partial charge is 0.349 e. The predicted octanol–water partition coefficient (Wildman–Crippen LogP) is 1.50. The number of fused-ring (bicyclic) bond motifs is 1. The molecule has 2 aromatic heterocycles. The Balaban J connectivity index is 2.01. The first-order valence-corrected chi connectivity index (χ1v) is 6.98. The molecule has 2 aromatic rings. The van der Waals surface area contributed by atoms with Crippen molar-refractivity contribution in [1.29, 1.82) is 5.26 Å². The second-order valence-electron chi connectivity index (χ2n) is 5.14. The lowest BCUT2D eigenvalue weighted by Crippen LogP contribution is -2.33. The third-order valence-electron chi connectivity index (χ3n) is 3.84. The van der Waals surface area contributed by atoms with E-state index in [-0.39, 0.29) is 5.56 Å². The number of nitrogens with zero attached hydrogens (tertiary/aromatic N) is 4. The minimum atomic E-state index is -0.0257. The zero-order chi connectivity index (χ0) is 15.1. The molecule has 21 heavy (non-hydrogen) atoms. The molecule has 0 amide bonds. The Morgan fingerprint density at radius 2 is 2.29 bits per heavy atom. The van der Waals surface area contributed by atoms with Crippen molar-refractivity contribution in [3.63, 3.8) is 0 Å². The van der Waals surface area contributed by atoms with Gasteiger partial charge in [-0.2, -0.15) is 5.26 Å². The van der Waals surface area contributed by atoms with Crippen LogP contribution in [-0.2, 0) is 20.0 Å². The van der Waals surface area contributed by atoms with Gasteiger partial charge in [-0.15, -0.1) is 0 Å². The summed E-state index contributed by atoms with van der Waals surface area (Å²) in [6.45, 7) is 3.04. The van der Waals surface area contributed by atoms with Gasteiger partial charge in [0.15, 0.2) is 0 Å². The number of rotatable bonds is 1. The molecule has 108 valence electrons. The average molecular weight is 304 g/mol. The van der Waals surface area contributed by atoms with Crippen LogP contribution in [0.4, 0.5) is 5.82 Å². The molecule has 0 aromatic carbocycles. The van der Waals surface area contributed by atoms with E-state index in [1.165, 1.54) is 0 Å². The van der Waals surface area contributed by atoms with E-state index >= 15 is 0 Å². The van der Waals surface area contributed by atoms with Crippen molar-refractivity contribution in [2.24, 2.45) is 7.05 Å². The lowest BCUT2D eigenvalue weighted by atomic mass is 10.1. The quantitative estimate of drug-likeness (QED) is 0.866. The molecule has 0 fully saturated rings. The fraction of sp³-hybridized carbons (Fsp3) is 0.357. The van der Waals surface area contributed by atoms with Gasteiger partial charge in [-0.3, -0.25) is 14.6 Å². The Morgan fingerprint density at radius 3 is 3.00 bits per heavy atom. The molecular formula is C14H14ClN5O. The lowest BCUT2D eigenvalue weighted by Gasteiger charge is -2.29. The summed E-state index contributed by atoms with van der Waals surface area (Å²) in [7, 11) is 1.82. The Hall–Kier alpha value is -2.26. The zero-order valence-electron chi connectivity index (χ0n) is 11.8. The molecule has 0 aliphatic carbocycles. The van der Waals surface area contributed by atoms with Gasteiger partial charge in [0.2, 0.25) is 0 Å². The van der Waals surface area contributed by atoms with Crippen molar-refractivity contribution in [2.45, 2.75) is 19.9 Å². The van der Waals surface area contributed by atoms with Crippen molar-refractivity contribution in [3.8, 4) is 6.07 Å². The lowest BCUT2D eigenvalue weighted by molar-refractivity contribution is 0.644. The average Bonchev–Trinajstić information content (AvgIpc) is 2.75. The van der Waals surface area contributed by atoms with Gasteiger partial charge in [0, 0.05) is 19.2 Å². The van der Waals surface area contributed by atoms with E-state index in [1.807, 2.05) is 11.9 Å². The zero-order valence-corrected chi connectivity index (χ0v) is 12.5. The molecule has 0 saturated heterocycles. The van der Waals surface area contributed by atoms with Gasteiger partial charge in [-0.05, 0) is 19.4 Å². The number of H-pyrrole nitrogens is 1. The summed E-state index contributed by atoms with van der Waals surface area (Å²) in [5.74, 6) is 0.660.